The van der Waals surface area contributed by atoms with Gasteiger partial charge in [-0.3, -0.25) is 4.79 Å². The zero-order chi connectivity index (χ0) is 21.8. The second-order valence-electron chi connectivity index (χ2n) is 7.88. The van der Waals surface area contributed by atoms with E-state index in [0.29, 0.717) is 23.9 Å². The molecule has 1 saturated heterocycles. The van der Waals surface area contributed by atoms with Gasteiger partial charge in [-0.2, -0.15) is 0 Å². The van der Waals surface area contributed by atoms with E-state index in [2.05, 4.69) is 25.8 Å². The van der Waals surface area contributed by atoms with E-state index in [4.69, 9.17) is 9.26 Å². The minimum absolute atomic E-state index is 0.195. The molecule has 8 heteroatoms. The summed E-state index contributed by atoms with van der Waals surface area (Å²) in [7, 11) is 0. The van der Waals surface area contributed by atoms with Crippen molar-refractivity contribution in [3.63, 3.8) is 0 Å². The summed E-state index contributed by atoms with van der Waals surface area (Å²) >= 11 is 0. The van der Waals surface area contributed by atoms with Crippen LogP contribution in [0.4, 0.5) is 5.69 Å². The fraction of sp³-hybridized carbons (Fsp3) is 0.391. The van der Waals surface area contributed by atoms with Crippen molar-refractivity contribution >= 4 is 11.6 Å². The van der Waals surface area contributed by atoms with E-state index in [1.165, 1.54) is 19.0 Å². The lowest BCUT2D eigenvalue weighted by molar-refractivity contribution is 0.0987. The Bertz CT molecular complexity index is 1050. The van der Waals surface area contributed by atoms with Gasteiger partial charge in [0.15, 0.2) is 0 Å². The van der Waals surface area contributed by atoms with Gasteiger partial charge in [-0.15, -0.1) is 0 Å². The lowest BCUT2D eigenvalue weighted by Crippen LogP contribution is -2.38. The van der Waals surface area contributed by atoms with E-state index in [0.717, 1.165) is 41.2 Å². The maximum atomic E-state index is 12.6. The summed E-state index contributed by atoms with van der Waals surface area (Å²) in [4.78, 5) is 21.3. The third-order valence-electron chi connectivity index (χ3n) is 5.54. The van der Waals surface area contributed by atoms with E-state index in [9.17, 15) is 4.79 Å². The van der Waals surface area contributed by atoms with E-state index in [-0.39, 0.29) is 11.7 Å². The van der Waals surface area contributed by atoms with Crippen molar-refractivity contribution in [1.29, 1.82) is 0 Å². The molecule has 1 fully saturated rings. The average molecular weight is 422 g/mol. The number of rotatable bonds is 6. The molecule has 1 aliphatic heterocycles. The molecular formula is C23H27N5O3. The van der Waals surface area contributed by atoms with Gasteiger partial charge in [-0.1, -0.05) is 11.6 Å². The second kappa shape index (κ2) is 9.26. The van der Waals surface area contributed by atoms with Gasteiger partial charge in [-0.25, -0.2) is 9.97 Å². The van der Waals surface area contributed by atoms with E-state index < -0.39 is 0 Å². The Balaban J connectivity index is 1.64. The van der Waals surface area contributed by atoms with Gasteiger partial charge in [0, 0.05) is 39.8 Å². The number of carbonyl (C=O) groups is 1. The van der Waals surface area contributed by atoms with Crippen molar-refractivity contribution in [3.8, 4) is 16.9 Å². The minimum Gasteiger partial charge on any atom is -0.491 e. The molecule has 4 rings (SSSR count). The number of piperidine rings is 1. The quantitative estimate of drug-likeness (QED) is 0.623. The molecule has 0 unspecified atom stereocenters. The molecule has 31 heavy (non-hydrogen) atoms. The SMILES string of the molecule is Cc1cnoc1C(=O)Nc1ccc(OC[C@H]2CCCCN2)c(-c2c(C)ncnc2C)c1. The van der Waals surface area contributed by atoms with Crippen molar-refractivity contribution in [2.24, 2.45) is 0 Å². The molecule has 8 nitrogen and oxygen atoms in total. The fourth-order valence-corrected chi connectivity index (χ4v) is 3.87. The highest BCUT2D eigenvalue weighted by molar-refractivity contribution is 6.03. The van der Waals surface area contributed by atoms with Crippen LogP contribution >= 0.6 is 0 Å². The van der Waals surface area contributed by atoms with Crippen LogP contribution in [0.3, 0.4) is 0 Å². The number of aryl methyl sites for hydroxylation is 3. The van der Waals surface area contributed by atoms with Crippen molar-refractivity contribution in [2.45, 2.75) is 46.1 Å². The van der Waals surface area contributed by atoms with E-state index >= 15 is 0 Å². The molecule has 3 heterocycles. The number of carbonyl (C=O) groups excluding carboxylic acids is 1. The third kappa shape index (κ3) is 4.74. The summed E-state index contributed by atoms with van der Waals surface area (Å²) in [6.07, 6.45) is 6.60. The van der Waals surface area contributed by atoms with Crippen LogP contribution in [0.15, 0.2) is 35.2 Å². The Morgan fingerprint density at radius 2 is 2.03 bits per heavy atom. The average Bonchev–Trinajstić information content (AvgIpc) is 3.20. The van der Waals surface area contributed by atoms with Gasteiger partial charge < -0.3 is 19.9 Å². The van der Waals surface area contributed by atoms with E-state index in [1.807, 2.05) is 32.0 Å². The molecule has 1 aliphatic rings. The normalized spacial score (nSPS) is 16.2. The van der Waals surface area contributed by atoms with Crippen molar-refractivity contribution in [1.82, 2.24) is 20.4 Å². The number of anilines is 1. The summed E-state index contributed by atoms with van der Waals surface area (Å²) in [5.41, 5.74) is 4.76. The highest BCUT2D eigenvalue weighted by Crippen LogP contribution is 2.36. The largest absolute Gasteiger partial charge is 0.491 e. The number of amides is 1. The summed E-state index contributed by atoms with van der Waals surface area (Å²) in [6, 6.07) is 5.94. The van der Waals surface area contributed by atoms with Gasteiger partial charge in [0.1, 0.15) is 18.7 Å². The minimum atomic E-state index is -0.348. The Morgan fingerprint density at radius 3 is 2.71 bits per heavy atom. The second-order valence-corrected chi connectivity index (χ2v) is 7.88. The molecule has 0 bridgehead atoms. The number of nitrogens with one attached hydrogen (secondary N) is 2. The molecule has 0 spiro atoms. The number of hydrogen-bond donors (Lipinski definition) is 2. The predicted molar refractivity (Wildman–Crippen MR) is 117 cm³/mol. The van der Waals surface area contributed by atoms with Crippen LogP contribution in [-0.4, -0.2) is 40.2 Å². The molecular weight excluding hydrogens is 394 g/mol. The first-order chi connectivity index (χ1) is 15.0. The van der Waals surface area contributed by atoms with Crippen molar-refractivity contribution in [3.05, 3.63) is 53.4 Å². The molecule has 1 aromatic carbocycles. The first-order valence-corrected chi connectivity index (χ1v) is 10.5. The lowest BCUT2D eigenvalue weighted by Gasteiger charge is -2.24. The van der Waals surface area contributed by atoms with Crippen LogP contribution in [-0.2, 0) is 0 Å². The van der Waals surface area contributed by atoms with Gasteiger partial charge in [0.2, 0.25) is 5.76 Å². The Morgan fingerprint density at radius 1 is 1.23 bits per heavy atom. The van der Waals surface area contributed by atoms with Crippen molar-refractivity contribution < 1.29 is 14.1 Å². The van der Waals surface area contributed by atoms with Gasteiger partial charge in [-0.05, 0) is 58.4 Å². The standard InChI is InChI=1S/C23H27N5O3/c1-14-11-27-31-22(14)23(29)28-17-7-8-20(30-12-18-6-4-5-9-24-18)19(10-17)21-15(2)25-13-26-16(21)3/h7-8,10-11,13,18,24H,4-6,9,12H2,1-3H3,(H,28,29)/t18-/m1/s1. The van der Waals surface area contributed by atoms with Gasteiger partial charge in [0.25, 0.3) is 5.91 Å². The predicted octanol–water partition coefficient (Wildman–Crippen LogP) is 3.83. The highest BCUT2D eigenvalue weighted by atomic mass is 16.5. The topological polar surface area (TPSA) is 102 Å². The first kappa shape index (κ1) is 21.0. The molecule has 0 saturated carbocycles. The number of aromatic nitrogens is 3. The van der Waals surface area contributed by atoms with Crippen LogP contribution in [0.1, 0.15) is 46.8 Å². The molecule has 0 radical (unpaired) electrons. The zero-order valence-electron chi connectivity index (χ0n) is 18.1. The van der Waals surface area contributed by atoms with Gasteiger partial charge in [0.05, 0.1) is 6.20 Å². The summed E-state index contributed by atoms with van der Waals surface area (Å²) in [5.74, 6) is 0.585. The fourth-order valence-electron chi connectivity index (χ4n) is 3.87. The Hall–Kier alpha value is -3.26. The summed E-state index contributed by atoms with van der Waals surface area (Å²) < 4.78 is 11.3. The van der Waals surface area contributed by atoms with Crippen LogP contribution in [0.5, 0.6) is 5.75 Å². The Labute approximate surface area is 181 Å². The smallest absolute Gasteiger partial charge is 0.294 e. The first-order valence-electron chi connectivity index (χ1n) is 10.5. The van der Waals surface area contributed by atoms with Crippen LogP contribution in [0.25, 0.3) is 11.1 Å². The molecule has 2 aromatic heterocycles. The van der Waals surface area contributed by atoms with Crippen LogP contribution in [0.2, 0.25) is 0 Å². The number of hydrogen-bond acceptors (Lipinski definition) is 7. The third-order valence-corrected chi connectivity index (χ3v) is 5.54. The highest BCUT2D eigenvalue weighted by Gasteiger charge is 2.19. The maximum absolute atomic E-state index is 12.6. The van der Waals surface area contributed by atoms with E-state index in [1.54, 1.807) is 13.3 Å². The molecule has 1 amide bonds. The number of ether oxygens (including phenoxy) is 1. The monoisotopic (exact) mass is 421 g/mol. The van der Waals surface area contributed by atoms with Crippen LogP contribution < -0.4 is 15.4 Å². The van der Waals surface area contributed by atoms with Crippen molar-refractivity contribution in [2.75, 3.05) is 18.5 Å². The Kier molecular flexibility index (Phi) is 6.27. The molecule has 0 aliphatic carbocycles. The number of benzene rings is 1. The number of nitrogens with zero attached hydrogens (tertiary/aromatic N) is 3. The van der Waals surface area contributed by atoms with Gasteiger partial charge >= 0.3 is 0 Å². The lowest BCUT2D eigenvalue weighted by atomic mass is 10.0. The molecule has 1 atom stereocenters. The molecule has 3 aromatic rings. The van der Waals surface area contributed by atoms with Crippen LogP contribution in [0, 0.1) is 20.8 Å². The zero-order valence-corrected chi connectivity index (χ0v) is 18.1. The summed E-state index contributed by atoms with van der Waals surface area (Å²) in [6.45, 7) is 7.28. The molecule has 162 valence electrons. The summed E-state index contributed by atoms with van der Waals surface area (Å²) in [5, 5.41) is 10.1. The maximum Gasteiger partial charge on any atom is 0.294 e. The molecule has 2 N–H and O–H groups in total.